The molecule has 4 nitrogen and oxygen atoms in total. The van der Waals surface area contributed by atoms with E-state index in [0.29, 0.717) is 16.3 Å². The third-order valence-corrected chi connectivity index (χ3v) is 4.31. The van der Waals surface area contributed by atoms with Crippen LogP contribution in [0.1, 0.15) is 31.8 Å². The van der Waals surface area contributed by atoms with E-state index in [1.165, 1.54) is 12.1 Å². The van der Waals surface area contributed by atoms with Gasteiger partial charge in [-0.15, -0.1) is 0 Å². The molecule has 5 heteroatoms. The first-order valence-corrected chi connectivity index (χ1v) is 7.92. The van der Waals surface area contributed by atoms with E-state index in [1.807, 2.05) is 0 Å². The van der Waals surface area contributed by atoms with Crippen LogP contribution in [-0.4, -0.2) is 16.7 Å². The minimum atomic E-state index is -0.399. The molecule has 1 aliphatic rings. The number of phenols is 1. The maximum absolute atomic E-state index is 12.9. The highest BCUT2D eigenvalue weighted by atomic mass is 35.5. The van der Waals surface area contributed by atoms with Crippen molar-refractivity contribution < 1.29 is 19.4 Å². The summed E-state index contributed by atoms with van der Waals surface area (Å²) in [6, 6.07) is 16.0. The summed E-state index contributed by atoms with van der Waals surface area (Å²) in [6.45, 7) is 0. The highest BCUT2D eigenvalue weighted by Crippen LogP contribution is 2.39. The van der Waals surface area contributed by atoms with Gasteiger partial charge in [-0.3, -0.25) is 9.59 Å². The van der Waals surface area contributed by atoms with Crippen LogP contribution < -0.4 is 4.74 Å². The first-order valence-electron chi connectivity index (χ1n) is 7.54. The molecular weight excluding hydrogens is 340 g/mol. The zero-order chi connectivity index (χ0) is 17.6. The second kappa shape index (κ2) is 5.76. The van der Waals surface area contributed by atoms with E-state index in [4.69, 9.17) is 16.3 Å². The Morgan fingerprint density at radius 3 is 2.00 bits per heavy atom. The fraction of sp³-hybridized carbons (Fsp3) is 0. The Morgan fingerprint density at radius 1 is 0.760 bits per heavy atom. The molecule has 0 aromatic heterocycles. The Labute approximate surface area is 148 Å². The Kier molecular flexibility index (Phi) is 3.55. The number of ketones is 2. The summed E-state index contributed by atoms with van der Waals surface area (Å²) in [5, 5.41) is 10.7. The molecule has 0 radical (unpaired) electrons. The maximum Gasteiger partial charge on any atom is 0.198 e. The van der Waals surface area contributed by atoms with Crippen LogP contribution in [0.15, 0.2) is 60.7 Å². The highest BCUT2D eigenvalue weighted by molar-refractivity contribution is 6.31. The van der Waals surface area contributed by atoms with Crippen molar-refractivity contribution in [2.45, 2.75) is 0 Å². The molecule has 0 unspecified atom stereocenters. The van der Waals surface area contributed by atoms with Crippen molar-refractivity contribution in [3.8, 4) is 17.2 Å². The first kappa shape index (κ1) is 15.4. The van der Waals surface area contributed by atoms with E-state index >= 15 is 0 Å². The van der Waals surface area contributed by atoms with Gasteiger partial charge in [0.15, 0.2) is 11.6 Å². The molecule has 1 N–H and O–H groups in total. The van der Waals surface area contributed by atoms with Crippen molar-refractivity contribution in [1.29, 1.82) is 0 Å². The van der Waals surface area contributed by atoms with E-state index < -0.39 is 5.78 Å². The predicted molar refractivity (Wildman–Crippen MR) is 92.9 cm³/mol. The summed E-state index contributed by atoms with van der Waals surface area (Å²) < 4.78 is 5.78. The van der Waals surface area contributed by atoms with Gasteiger partial charge >= 0.3 is 0 Å². The molecule has 0 heterocycles. The lowest BCUT2D eigenvalue weighted by molar-refractivity contribution is 0.0974. The van der Waals surface area contributed by atoms with Gasteiger partial charge in [0.05, 0.1) is 11.1 Å². The normalized spacial score (nSPS) is 12.5. The number of phenolic OH excluding ortho intramolecular Hbond substituents is 1. The zero-order valence-electron chi connectivity index (χ0n) is 12.8. The quantitative estimate of drug-likeness (QED) is 0.573. The number of hydrogen-bond acceptors (Lipinski definition) is 4. The molecule has 0 spiro atoms. The molecule has 3 aromatic rings. The molecule has 4 rings (SSSR count). The van der Waals surface area contributed by atoms with Gasteiger partial charge in [-0.2, -0.15) is 0 Å². The molecule has 122 valence electrons. The lowest BCUT2D eigenvalue weighted by Gasteiger charge is -2.21. The van der Waals surface area contributed by atoms with Crippen molar-refractivity contribution in [1.82, 2.24) is 0 Å². The topological polar surface area (TPSA) is 63.6 Å². The molecule has 25 heavy (non-hydrogen) atoms. The number of ether oxygens (including phenoxy) is 1. The van der Waals surface area contributed by atoms with E-state index in [1.54, 1.807) is 48.5 Å². The molecule has 0 amide bonds. The third-order valence-electron chi connectivity index (χ3n) is 4.06. The molecule has 0 atom stereocenters. The van der Waals surface area contributed by atoms with Crippen molar-refractivity contribution in [3.05, 3.63) is 87.9 Å². The molecule has 0 saturated heterocycles. The number of aromatic hydroxyl groups is 1. The van der Waals surface area contributed by atoms with E-state index in [-0.39, 0.29) is 34.0 Å². The van der Waals surface area contributed by atoms with Gasteiger partial charge in [0, 0.05) is 16.1 Å². The number of benzene rings is 3. The summed E-state index contributed by atoms with van der Waals surface area (Å²) in [4.78, 5) is 25.6. The average molecular weight is 351 g/mol. The fourth-order valence-corrected chi connectivity index (χ4v) is 3.02. The molecular formula is C20H11ClO4. The Bertz CT molecular complexity index is 1020. The number of carbonyl (C=O) groups excluding carboxylic acids is 2. The second-order valence-electron chi connectivity index (χ2n) is 5.59. The molecule has 0 saturated carbocycles. The smallest absolute Gasteiger partial charge is 0.198 e. The summed E-state index contributed by atoms with van der Waals surface area (Å²) in [5.74, 6) is -0.319. The largest absolute Gasteiger partial charge is 0.507 e. The van der Waals surface area contributed by atoms with Crippen molar-refractivity contribution >= 4 is 23.2 Å². The minimum Gasteiger partial charge on any atom is -0.507 e. The maximum atomic E-state index is 12.9. The van der Waals surface area contributed by atoms with Gasteiger partial charge in [0.25, 0.3) is 0 Å². The van der Waals surface area contributed by atoms with Crippen LogP contribution in [0.4, 0.5) is 0 Å². The van der Waals surface area contributed by atoms with Crippen molar-refractivity contribution in [2.24, 2.45) is 0 Å². The van der Waals surface area contributed by atoms with Crippen LogP contribution >= 0.6 is 11.6 Å². The highest BCUT2D eigenvalue weighted by Gasteiger charge is 2.34. The lowest BCUT2D eigenvalue weighted by atomic mass is 9.83. The average Bonchev–Trinajstić information content (AvgIpc) is 2.63. The zero-order valence-corrected chi connectivity index (χ0v) is 13.6. The molecule has 0 fully saturated rings. The van der Waals surface area contributed by atoms with Crippen LogP contribution in [0.5, 0.6) is 17.2 Å². The minimum absolute atomic E-state index is 0.0323. The van der Waals surface area contributed by atoms with E-state index in [0.717, 1.165) is 0 Å². The van der Waals surface area contributed by atoms with Crippen LogP contribution in [0.25, 0.3) is 0 Å². The number of fused-ring (bicyclic) bond motifs is 2. The molecule has 0 aliphatic heterocycles. The summed E-state index contributed by atoms with van der Waals surface area (Å²) in [7, 11) is 0. The summed E-state index contributed by atoms with van der Waals surface area (Å²) >= 11 is 5.86. The SMILES string of the molecule is O=C1c2ccccc2C(=O)c2c(Oc3ccc(Cl)cc3)ccc(O)c21. The predicted octanol–water partition coefficient (Wildman–Crippen LogP) is 4.61. The van der Waals surface area contributed by atoms with Gasteiger partial charge in [-0.25, -0.2) is 0 Å². The number of halogens is 1. The van der Waals surface area contributed by atoms with Crippen molar-refractivity contribution in [3.63, 3.8) is 0 Å². The Hall–Kier alpha value is -3.11. The van der Waals surface area contributed by atoms with Crippen LogP contribution in [0.2, 0.25) is 5.02 Å². The van der Waals surface area contributed by atoms with Gasteiger partial charge in [0.2, 0.25) is 0 Å². The standard InChI is InChI=1S/C20H11ClO4/c21-11-5-7-12(8-6-11)25-16-10-9-15(22)17-18(16)20(24)14-4-2-1-3-13(14)19(17)23/h1-10,22H. The van der Waals surface area contributed by atoms with Gasteiger partial charge in [-0.05, 0) is 36.4 Å². The van der Waals surface area contributed by atoms with E-state index in [2.05, 4.69) is 0 Å². The molecule has 0 bridgehead atoms. The van der Waals surface area contributed by atoms with Crippen LogP contribution in [0, 0.1) is 0 Å². The van der Waals surface area contributed by atoms with Crippen LogP contribution in [0.3, 0.4) is 0 Å². The molecule has 1 aliphatic carbocycles. The second-order valence-corrected chi connectivity index (χ2v) is 6.03. The van der Waals surface area contributed by atoms with Crippen LogP contribution in [-0.2, 0) is 0 Å². The monoisotopic (exact) mass is 350 g/mol. The fourth-order valence-electron chi connectivity index (χ4n) is 2.89. The molecule has 3 aromatic carbocycles. The van der Waals surface area contributed by atoms with E-state index in [9.17, 15) is 14.7 Å². The van der Waals surface area contributed by atoms with Crippen molar-refractivity contribution in [2.75, 3.05) is 0 Å². The summed E-state index contributed by atoms with van der Waals surface area (Å²) in [6.07, 6.45) is 0. The van der Waals surface area contributed by atoms with Gasteiger partial charge in [-0.1, -0.05) is 35.9 Å². The first-order chi connectivity index (χ1) is 12.1. The lowest BCUT2D eigenvalue weighted by Crippen LogP contribution is -2.21. The summed E-state index contributed by atoms with van der Waals surface area (Å²) in [5.41, 5.74) is 0.610. The number of rotatable bonds is 2. The Morgan fingerprint density at radius 2 is 1.36 bits per heavy atom. The number of hydrogen-bond donors (Lipinski definition) is 1. The number of carbonyl (C=O) groups is 2. The Balaban J connectivity index is 1.88. The van der Waals surface area contributed by atoms with Gasteiger partial charge in [0.1, 0.15) is 17.2 Å². The third kappa shape index (κ3) is 2.47. The van der Waals surface area contributed by atoms with Gasteiger partial charge < -0.3 is 9.84 Å².